The van der Waals surface area contributed by atoms with Crippen LogP contribution in [0.15, 0.2) is 0 Å². The Morgan fingerprint density at radius 3 is 0.316 bits per heavy atom. The van der Waals surface area contributed by atoms with Crippen molar-refractivity contribution in [3.63, 3.8) is 0 Å². The summed E-state index contributed by atoms with van der Waals surface area (Å²) < 4.78 is 8.50. The number of Topliss-reactive ketones (excluding diaryl/α,β-unsaturated/α-hetero) is 2. The average molecular weight is 1480 g/mol. The summed E-state index contributed by atoms with van der Waals surface area (Å²) in [5.74, 6) is 34.9. The molecule has 0 atom stereocenters. The number of carbonyl (C=O) groups excluding carboxylic acids is 2. The van der Waals surface area contributed by atoms with E-state index >= 15 is 0 Å². The second-order valence-electron chi connectivity index (χ2n) is 25.3. The number of methoxy groups -OCH3 is 2. The first-order valence-corrected chi connectivity index (χ1v) is 51.7. The quantitative estimate of drug-likeness (QED) is 0.104. The Labute approximate surface area is 565 Å². The summed E-state index contributed by atoms with van der Waals surface area (Å²) in [5, 5.41) is 0. The number of rotatable bonds is 0. The third-order valence-electron chi connectivity index (χ3n) is 0. The second-order valence-corrected chi connectivity index (χ2v) is 48.0. The molecule has 0 unspecified atom stereocenters. The highest BCUT2D eigenvalue weighted by Gasteiger charge is 1.84. The molecular weight excluding hydrogens is 1320 g/mol. The number of hydrogen-bond acceptors (Lipinski definition) is 6. The first-order chi connectivity index (χ1) is 32.5. The van der Waals surface area contributed by atoms with Crippen LogP contribution in [0.25, 0.3) is 0 Å². The normalized spacial score (nSPS) is 6.76. The molecule has 22 heteroatoms. The maximum absolute atomic E-state index is 9.44. The summed E-state index contributed by atoms with van der Waals surface area (Å²) in [6.07, 6.45) is 2.94. The molecule has 0 aliphatic heterocycles. The molecule has 0 radical (unpaired) electrons. The van der Waals surface area contributed by atoms with Crippen molar-refractivity contribution in [2.45, 2.75) is 217 Å². The molecule has 0 spiro atoms. The zero-order valence-electron chi connectivity index (χ0n) is 63.8. The fraction of sp³-hybridized carbons (Fsp3) is 0.963. The summed E-state index contributed by atoms with van der Waals surface area (Å²) in [5.41, 5.74) is 0. The number of halogens is 4. The van der Waals surface area contributed by atoms with Crippen LogP contribution >= 0.6 is 87.0 Å². The van der Waals surface area contributed by atoms with Crippen LogP contribution in [-0.4, -0.2) is 249 Å². The zero-order chi connectivity index (χ0) is 66.7. The third kappa shape index (κ3) is 18800. The van der Waals surface area contributed by atoms with E-state index in [0.717, 1.165) is 33.6 Å². The van der Waals surface area contributed by atoms with E-state index in [1.165, 1.54) is 40.5 Å². The minimum absolute atomic E-state index is 0. The predicted octanol–water partition coefficient (Wildman–Crippen LogP) is 21.4. The molecule has 0 heterocycles. The van der Waals surface area contributed by atoms with Gasteiger partial charge in [0, 0.05) is 41.2 Å². The van der Waals surface area contributed by atoms with Gasteiger partial charge in [-0.25, -0.2) is 0 Å². The molecule has 0 saturated heterocycles. The fourth-order valence-corrected chi connectivity index (χ4v) is 0. The second kappa shape index (κ2) is 165. The molecule has 0 bridgehead atoms. The van der Waals surface area contributed by atoms with Crippen molar-refractivity contribution in [2.24, 2.45) is 0 Å². The van der Waals surface area contributed by atoms with Gasteiger partial charge in [0.05, 0.1) is 0 Å². The van der Waals surface area contributed by atoms with Gasteiger partial charge >= 0.3 is 0 Å². The molecule has 0 fully saturated rings. The van der Waals surface area contributed by atoms with Crippen molar-refractivity contribution in [1.29, 1.82) is 0 Å². The Balaban J connectivity index is -0.0000000202. The minimum Gasteiger partial charge on any atom is -0.388 e. The molecule has 476 valence electrons. The molecule has 0 aromatic heterocycles. The van der Waals surface area contributed by atoms with E-state index in [1.807, 2.05) is 52.1 Å². The Morgan fingerprint density at radius 1 is 0.316 bits per heavy atom. The van der Waals surface area contributed by atoms with E-state index in [-0.39, 0.29) is 130 Å². The van der Waals surface area contributed by atoms with Gasteiger partial charge in [0.25, 0.3) is 70.7 Å². The lowest BCUT2D eigenvalue weighted by Gasteiger charge is -1.90. The molecule has 0 aliphatic carbocycles. The smallest absolute Gasteiger partial charge is 0.251 e. The van der Waals surface area contributed by atoms with Gasteiger partial charge in [-0.3, -0.25) is 0 Å². The maximum atomic E-state index is 9.44. The molecule has 0 rings (SSSR count). The van der Waals surface area contributed by atoms with E-state index in [9.17, 15) is 9.59 Å². The lowest BCUT2D eigenvalue weighted by Crippen LogP contribution is -1.99. The van der Waals surface area contributed by atoms with Crippen LogP contribution in [0.1, 0.15) is 27.7 Å². The molecule has 6 nitrogen and oxygen atoms in total. The lowest BCUT2D eigenvalue weighted by molar-refractivity contribution is -0.115. The number of hydrogen-bond donors (Lipinski definition) is 0. The molecule has 0 aromatic carbocycles. The number of nitrogens with zero attached hydrogens (tertiary/aromatic N) is 2. The average Bonchev–Trinajstić information content (AvgIpc) is 3.03. The van der Waals surface area contributed by atoms with Crippen molar-refractivity contribution in [3.8, 4) is 0 Å². The van der Waals surface area contributed by atoms with Crippen LogP contribution in [0.2, 0.25) is 189 Å². The summed E-state index contributed by atoms with van der Waals surface area (Å²) in [4.78, 5) is 22.9. The Morgan fingerprint density at radius 2 is 0.316 bits per heavy atom. The summed E-state index contributed by atoms with van der Waals surface area (Å²) in [6, 6.07) is 0. The summed E-state index contributed by atoms with van der Waals surface area (Å²) >= 11 is 8.58. The van der Waals surface area contributed by atoms with Crippen LogP contribution in [-0.2, 0) is 19.1 Å². The number of alkyl halides is 2. The highest BCUT2D eigenvalue weighted by Crippen LogP contribution is 2.15. The van der Waals surface area contributed by atoms with Gasteiger partial charge in [-0.1, -0.05) is 102 Å². The van der Waals surface area contributed by atoms with Gasteiger partial charge in [-0.2, -0.15) is 0 Å². The van der Waals surface area contributed by atoms with Crippen LogP contribution in [0.5, 0.6) is 0 Å². The van der Waals surface area contributed by atoms with Gasteiger partial charge in [0.15, 0.2) is 0 Å². The number of carbonyl (C=O) groups is 2. The van der Waals surface area contributed by atoms with E-state index in [0.29, 0.717) is 15.8 Å². The first-order valence-electron chi connectivity index (χ1n) is 27.5. The van der Waals surface area contributed by atoms with Gasteiger partial charge in [-0.15, -0.1) is 174 Å². The fourth-order valence-electron chi connectivity index (χ4n) is 0. The van der Waals surface area contributed by atoms with Gasteiger partial charge in [-0.05, 0) is 110 Å². The van der Waals surface area contributed by atoms with Gasteiger partial charge < -0.3 is 28.9 Å². The van der Waals surface area contributed by atoms with Crippen molar-refractivity contribution in [1.82, 2.24) is 9.80 Å². The molecule has 0 aliphatic rings. The molecule has 0 amide bonds. The maximum Gasteiger partial charge on any atom is 0.251 e. The van der Waals surface area contributed by atoms with Gasteiger partial charge in [0.1, 0.15) is 45.1 Å². The van der Waals surface area contributed by atoms with Crippen molar-refractivity contribution in [2.75, 3.05) is 123 Å². The standard InChI is InChI=1S/5C3H9B.2C3H9N.2C3H6O.2C3H9P.2C2H6O.2CH3Cl.15CH3.5Al.2HI/c7*1-4(2)3;2*1-3(2)4;2*1-4(2)3;2*1-3-2;2*1-2;;;;;;;;;;;;;;;;;;;;;;/h7*1-3H3;2*1-2H3;2*1-3H3;2*1-2H3;2*1H3;15*1H3;;;;;;2*1H. The van der Waals surface area contributed by atoms with Crippen LogP contribution in [0.4, 0.5) is 0 Å². The predicted molar refractivity (Wildman–Crippen MR) is 435 cm³/mol. The Hall–Kier alpha value is 5.07. The number of ether oxygens (including phenoxy) is 2. The third-order valence-corrected chi connectivity index (χ3v) is 0. The summed E-state index contributed by atoms with van der Waals surface area (Å²) in [7, 11) is 19.3. The van der Waals surface area contributed by atoms with Crippen molar-refractivity contribution in [3.05, 3.63) is 0 Å². The van der Waals surface area contributed by atoms with E-state index < -0.39 is 0 Å². The zero-order valence-corrected chi connectivity index (χ0v) is 77.5. The van der Waals surface area contributed by atoms with Crippen LogP contribution < -0.4 is 0 Å². The molecular formula is C54H158Al5B5Cl2I2N2O4P2. The highest BCUT2D eigenvalue weighted by atomic mass is 127. The van der Waals surface area contributed by atoms with E-state index in [4.69, 9.17) is 0 Å². The van der Waals surface area contributed by atoms with Crippen LogP contribution in [0.3, 0.4) is 0 Å². The molecule has 0 saturated carbocycles. The van der Waals surface area contributed by atoms with Crippen molar-refractivity contribution >= 4 is 203 Å². The monoisotopic (exact) mass is 1470 g/mol. The molecule has 76 heavy (non-hydrogen) atoms. The lowest BCUT2D eigenvalue weighted by atomic mass is 9.58. The van der Waals surface area contributed by atoms with Gasteiger partial charge in [0.2, 0.25) is 0 Å². The molecule has 0 N–H and O–H groups in total. The largest absolute Gasteiger partial charge is 0.388 e. The highest BCUT2D eigenvalue weighted by molar-refractivity contribution is 14.0. The SMILES string of the molecule is CB(C)C.CB(C)C.CB(C)C.CB(C)C.CB(C)C.CC(C)=O.CC(C)=O.CCl.CCl.CN(C)C.CN(C)C.COC.COC.CP(C)C.CP(C)C.I.I.[CH3][Al]([CH3])[CH3].[CH3][Al]([CH3])[CH3].[CH3][Al]([CH3])[CH3].[CH3][Al]([CH3])[CH3].[CH3][Al]([CH3])[CH3]. The minimum atomic E-state index is -0.139. The summed E-state index contributed by atoms with van der Waals surface area (Å²) in [6.45, 7) is 56.2. The molecule has 0 aromatic rings. The first kappa shape index (κ1) is 149. The Kier molecular flexibility index (Phi) is 324. The van der Waals surface area contributed by atoms with Crippen LogP contribution in [0, 0.1) is 0 Å². The van der Waals surface area contributed by atoms with Crippen molar-refractivity contribution < 1.29 is 19.1 Å². The topological polar surface area (TPSA) is 59.1 Å². The number of ketones is 2. The van der Waals surface area contributed by atoms with E-state index in [2.05, 4.69) is 262 Å². The Bertz CT molecular complexity index is 519. The van der Waals surface area contributed by atoms with E-state index in [1.54, 1.807) is 28.4 Å².